The Labute approximate surface area is 121 Å². The Morgan fingerprint density at radius 2 is 1.89 bits per heavy atom. The first kappa shape index (κ1) is 14.3. The molecule has 0 saturated carbocycles. The lowest BCUT2D eigenvalue weighted by Crippen LogP contribution is -2.37. The van der Waals surface area contributed by atoms with Crippen molar-refractivity contribution < 1.29 is 4.79 Å². The zero-order valence-electron chi connectivity index (χ0n) is 11.2. The molecule has 0 bridgehead atoms. The molecule has 0 radical (unpaired) electrons. The summed E-state index contributed by atoms with van der Waals surface area (Å²) in [6.45, 7) is 3.54. The van der Waals surface area contributed by atoms with E-state index in [1.807, 2.05) is 4.90 Å². The van der Waals surface area contributed by atoms with Crippen LogP contribution in [0.4, 0.5) is 0 Å². The second-order valence-corrected chi connectivity index (χ2v) is 5.99. The van der Waals surface area contributed by atoms with E-state index in [9.17, 15) is 9.59 Å². The molecule has 19 heavy (non-hydrogen) atoms. The van der Waals surface area contributed by atoms with Crippen LogP contribution in [0.5, 0.6) is 0 Å². The molecule has 1 aliphatic heterocycles. The summed E-state index contributed by atoms with van der Waals surface area (Å²) in [4.78, 5) is 26.1. The number of amides is 1. The molecule has 0 aliphatic carbocycles. The lowest BCUT2D eigenvalue weighted by atomic mass is 10.2. The van der Waals surface area contributed by atoms with Gasteiger partial charge in [-0.3, -0.25) is 9.59 Å². The maximum atomic E-state index is 12.2. The summed E-state index contributed by atoms with van der Waals surface area (Å²) in [5.41, 5.74) is 0.560. The minimum atomic E-state index is -0.0913. The topological polar surface area (TPSA) is 42.3 Å². The van der Waals surface area contributed by atoms with E-state index >= 15 is 0 Å². The van der Waals surface area contributed by atoms with E-state index in [4.69, 9.17) is 0 Å². The summed E-state index contributed by atoms with van der Waals surface area (Å²) >= 11 is 3.36. The van der Waals surface area contributed by atoms with Crippen molar-refractivity contribution in [2.45, 2.75) is 39.2 Å². The van der Waals surface area contributed by atoms with E-state index in [1.165, 1.54) is 17.4 Å². The summed E-state index contributed by atoms with van der Waals surface area (Å²) in [7, 11) is 0. The number of hydrogen-bond donors (Lipinski definition) is 0. The van der Waals surface area contributed by atoms with Crippen molar-refractivity contribution in [3.8, 4) is 0 Å². The van der Waals surface area contributed by atoms with Gasteiger partial charge >= 0.3 is 0 Å². The van der Waals surface area contributed by atoms with Crippen molar-refractivity contribution in [2.24, 2.45) is 0 Å². The minimum Gasteiger partial charge on any atom is -0.341 e. The Morgan fingerprint density at radius 1 is 1.26 bits per heavy atom. The first-order valence-corrected chi connectivity index (χ1v) is 7.51. The molecule has 1 fully saturated rings. The Hall–Kier alpha value is -1.10. The summed E-state index contributed by atoms with van der Waals surface area (Å²) in [6, 6.07) is 1.77. The average Bonchev–Trinajstić information content (AvgIpc) is 2.64. The molecule has 0 aromatic carbocycles. The lowest BCUT2D eigenvalue weighted by molar-refractivity contribution is -0.131. The molecule has 1 aromatic heterocycles. The SMILES string of the molecule is Cc1cc(Br)cn(CC(=O)N2CCCCCC2)c1=O. The second kappa shape index (κ2) is 6.37. The van der Waals surface area contributed by atoms with Gasteiger partial charge < -0.3 is 9.47 Å². The molecule has 1 aromatic rings. The summed E-state index contributed by atoms with van der Waals surface area (Å²) in [5, 5.41) is 0. The van der Waals surface area contributed by atoms with E-state index in [1.54, 1.807) is 19.2 Å². The predicted molar refractivity (Wildman–Crippen MR) is 78.2 cm³/mol. The fraction of sp³-hybridized carbons (Fsp3) is 0.571. The van der Waals surface area contributed by atoms with Gasteiger partial charge in [-0.1, -0.05) is 12.8 Å². The number of carbonyl (C=O) groups excluding carboxylic acids is 1. The van der Waals surface area contributed by atoms with E-state index in [0.29, 0.717) is 5.56 Å². The van der Waals surface area contributed by atoms with Crippen molar-refractivity contribution in [3.05, 3.63) is 32.7 Å². The van der Waals surface area contributed by atoms with Gasteiger partial charge in [0.15, 0.2) is 0 Å². The van der Waals surface area contributed by atoms with Crippen molar-refractivity contribution >= 4 is 21.8 Å². The van der Waals surface area contributed by atoms with Gasteiger partial charge in [0.2, 0.25) is 5.91 Å². The third-order valence-corrected chi connectivity index (χ3v) is 3.93. The van der Waals surface area contributed by atoms with Crippen molar-refractivity contribution in [2.75, 3.05) is 13.1 Å². The van der Waals surface area contributed by atoms with E-state index < -0.39 is 0 Å². The quantitative estimate of drug-likeness (QED) is 0.837. The van der Waals surface area contributed by atoms with Crippen LogP contribution < -0.4 is 5.56 Å². The van der Waals surface area contributed by atoms with Gasteiger partial charge in [0, 0.05) is 29.3 Å². The molecular formula is C14H19BrN2O2. The van der Waals surface area contributed by atoms with E-state index in [-0.39, 0.29) is 18.0 Å². The van der Waals surface area contributed by atoms with Crippen LogP contribution in [0.25, 0.3) is 0 Å². The number of aryl methyl sites for hydroxylation is 1. The van der Waals surface area contributed by atoms with Gasteiger partial charge in [-0.05, 0) is 41.8 Å². The number of hydrogen-bond acceptors (Lipinski definition) is 2. The van der Waals surface area contributed by atoms with Crippen LogP contribution in [0.3, 0.4) is 0 Å². The highest BCUT2D eigenvalue weighted by molar-refractivity contribution is 9.10. The highest BCUT2D eigenvalue weighted by atomic mass is 79.9. The van der Waals surface area contributed by atoms with Crippen LogP contribution in [-0.2, 0) is 11.3 Å². The Balaban J connectivity index is 2.12. The van der Waals surface area contributed by atoms with E-state index in [2.05, 4.69) is 15.9 Å². The average molecular weight is 327 g/mol. The van der Waals surface area contributed by atoms with Crippen LogP contribution in [0.1, 0.15) is 31.2 Å². The van der Waals surface area contributed by atoms with Crippen LogP contribution >= 0.6 is 15.9 Å². The number of rotatable bonds is 2. The Bertz CT molecular complexity index is 517. The number of carbonyl (C=O) groups is 1. The predicted octanol–water partition coefficient (Wildman–Crippen LogP) is 2.32. The number of pyridine rings is 1. The molecule has 4 nitrogen and oxygen atoms in total. The summed E-state index contributed by atoms with van der Waals surface area (Å²) in [6.07, 6.45) is 6.21. The lowest BCUT2D eigenvalue weighted by Gasteiger charge is -2.21. The fourth-order valence-electron chi connectivity index (χ4n) is 2.42. The monoisotopic (exact) mass is 326 g/mol. The molecule has 0 atom stereocenters. The minimum absolute atomic E-state index is 0.0431. The number of nitrogens with zero attached hydrogens (tertiary/aromatic N) is 2. The zero-order chi connectivity index (χ0) is 13.8. The molecule has 1 aliphatic rings. The van der Waals surface area contributed by atoms with Gasteiger partial charge in [0.1, 0.15) is 6.54 Å². The molecule has 1 saturated heterocycles. The van der Waals surface area contributed by atoms with Crippen LogP contribution in [-0.4, -0.2) is 28.5 Å². The second-order valence-electron chi connectivity index (χ2n) is 5.07. The van der Waals surface area contributed by atoms with E-state index in [0.717, 1.165) is 30.4 Å². The van der Waals surface area contributed by atoms with Crippen molar-refractivity contribution in [3.63, 3.8) is 0 Å². The first-order chi connectivity index (χ1) is 9.08. The van der Waals surface area contributed by atoms with Crippen molar-refractivity contribution in [1.82, 2.24) is 9.47 Å². The molecule has 0 unspecified atom stereocenters. The zero-order valence-corrected chi connectivity index (χ0v) is 12.8. The van der Waals surface area contributed by atoms with Gasteiger partial charge in [0.05, 0.1) is 0 Å². The molecule has 0 N–H and O–H groups in total. The molecular weight excluding hydrogens is 308 g/mol. The molecule has 1 amide bonds. The molecule has 0 spiro atoms. The smallest absolute Gasteiger partial charge is 0.253 e. The third-order valence-electron chi connectivity index (χ3n) is 3.50. The molecule has 2 heterocycles. The van der Waals surface area contributed by atoms with Crippen LogP contribution in [0.15, 0.2) is 21.5 Å². The number of halogens is 1. The largest absolute Gasteiger partial charge is 0.341 e. The van der Waals surface area contributed by atoms with Gasteiger partial charge in [-0.2, -0.15) is 0 Å². The normalized spacial score (nSPS) is 16.2. The van der Waals surface area contributed by atoms with Gasteiger partial charge in [0.25, 0.3) is 5.56 Å². The molecule has 5 heteroatoms. The summed E-state index contributed by atoms with van der Waals surface area (Å²) < 4.78 is 2.32. The number of aromatic nitrogens is 1. The van der Waals surface area contributed by atoms with Gasteiger partial charge in [-0.25, -0.2) is 0 Å². The maximum Gasteiger partial charge on any atom is 0.253 e. The van der Waals surface area contributed by atoms with Crippen molar-refractivity contribution in [1.29, 1.82) is 0 Å². The highest BCUT2D eigenvalue weighted by Gasteiger charge is 2.16. The fourth-order valence-corrected chi connectivity index (χ4v) is 3.01. The third kappa shape index (κ3) is 3.69. The highest BCUT2D eigenvalue weighted by Crippen LogP contribution is 2.11. The number of likely N-dealkylation sites (tertiary alicyclic amines) is 1. The Kier molecular flexibility index (Phi) is 4.80. The van der Waals surface area contributed by atoms with Crippen LogP contribution in [0, 0.1) is 6.92 Å². The van der Waals surface area contributed by atoms with Crippen LogP contribution in [0.2, 0.25) is 0 Å². The standard InChI is InChI=1S/C14H19BrN2O2/c1-11-8-12(15)9-17(14(11)19)10-13(18)16-6-4-2-3-5-7-16/h8-9H,2-7,10H2,1H3. The maximum absolute atomic E-state index is 12.2. The molecule has 2 rings (SSSR count). The Morgan fingerprint density at radius 3 is 2.53 bits per heavy atom. The summed E-state index contributed by atoms with van der Waals surface area (Å²) in [5.74, 6) is 0.0431. The first-order valence-electron chi connectivity index (χ1n) is 6.72. The molecule has 104 valence electrons. The van der Waals surface area contributed by atoms with Gasteiger partial charge in [-0.15, -0.1) is 0 Å².